The molecule has 3 heterocycles. The Morgan fingerprint density at radius 1 is 1.10 bits per heavy atom. The fourth-order valence-electron chi connectivity index (χ4n) is 3.60. The summed E-state index contributed by atoms with van der Waals surface area (Å²) in [5, 5.41) is 4.37. The van der Waals surface area contributed by atoms with Gasteiger partial charge in [-0.25, -0.2) is 9.37 Å². The third kappa shape index (κ3) is 3.68. The van der Waals surface area contributed by atoms with Crippen LogP contribution < -0.4 is 5.56 Å². The minimum absolute atomic E-state index is 0.0275. The number of carbonyl (C=O) groups excluding carboxylic acids is 2. The molecule has 9 nitrogen and oxygen atoms in total. The first-order valence-electron chi connectivity index (χ1n) is 9.64. The van der Waals surface area contributed by atoms with Gasteiger partial charge in [-0.2, -0.15) is 5.10 Å². The van der Waals surface area contributed by atoms with E-state index in [0.29, 0.717) is 43.6 Å². The van der Waals surface area contributed by atoms with Gasteiger partial charge in [0.2, 0.25) is 5.91 Å². The van der Waals surface area contributed by atoms with Crippen LogP contribution in [0.5, 0.6) is 0 Å². The summed E-state index contributed by atoms with van der Waals surface area (Å²) in [5.41, 5.74) is 0.160. The Balaban J connectivity index is 1.44. The number of aryl methyl sites for hydroxylation is 1. The normalized spacial score (nSPS) is 14.7. The van der Waals surface area contributed by atoms with Gasteiger partial charge in [0.15, 0.2) is 5.65 Å². The molecule has 0 atom stereocenters. The molecule has 0 saturated carbocycles. The molecule has 0 aliphatic carbocycles. The van der Waals surface area contributed by atoms with E-state index in [1.54, 1.807) is 22.9 Å². The van der Waals surface area contributed by atoms with Gasteiger partial charge in [-0.1, -0.05) is 12.1 Å². The quantitative estimate of drug-likeness (QED) is 0.630. The summed E-state index contributed by atoms with van der Waals surface area (Å²) in [6.45, 7) is 1.36. The average molecular weight is 412 g/mol. The van der Waals surface area contributed by atoms with E-state index in [2.05, 4.69) is 10.1 Å². The number of hydrogen-bond acceptors (Lipinski definition) is 5. The third-order valence-corrected chi connectivity index (χ3v) is 5.26. The van der Waals surface area contributed by atoms with Crippen molar-refractivity contribution in [2.24, 2.45) is 7.05 Å². The Kier molecular flexibility index (Phi) is 5.30. The maximum Gasteiger partial charge on any atom is 0.264 e. The zero-order valence-corrected chi connectivity index (χ0v) is 16.5. The summed E-state index contributed by atoms with van der Waals surface area (Å²) in [6.07, 6.45) is 3.35. The summed E-state index contributed by atoms with van der Waals surface area (Å²) in [7, 11) is 1.69. The number of rotatable bonds is 3. The Labute approximate surface area is 171 Å². The van der Waals surface area contributed by atoms with E-state index >= 15 is 0 Å². The van der Waals surface area contributed by atoms with Gasteiger partial charge in [0.05, 0.1) is 11.8 Å². The Morgan fingerprint density at radius 2 is 1.83 bits per heavy atom. The molecule has 2 aromatic heterocycles. The fraction of sp³-hybridized carbons (Fsp3) is 0.350. The van der Waals surface area contributed by atoms with Gasteiger partial charge < -0.3 is 9.80 Å². The SMILES string of the molecule is Cn1ncc2c(=O)n(CC(=O)N3CCCN(C(=O)c4ccccc4F)CC3)cnc21. The van der Waals surface area contributed by atoms with E-state index in [0.717, 1.165) is 0 Å². The zero-order chi connectivity index (χ0) is 21.3. The van der Waals surface area contributed by atoms with Crippen LogP contribution >= 0.6 is 0 Å². The van der Waals surface area contributed by atoms with Crippen LogP contribution in [0, 0.1) is 5.82 Å². The smallest absolute Gasteiger partial charge is 0.264 e. The molecule has 1 saturated heterocycles. The molecule has 30 heavy (non-hydrogen) atoms. The molecule has 10 heteroatoms. The monoisotopic (exact) mass is 412 g/mol. The number of amides is 2. The van der Waals surface area contributed by atoms with Crippen molar-refractivity contribution in [3.63, 3.8) is 0 Å². The number of aromatic nitrogens is 4. The van der Waals surface area contributed by atoms with Crippen LogP contribution in [0.2, 0.25) is 0 Å². The molecule has 156 valence electrons. The van der Waals surface area contributed by atoms with Crippen LogP contribution in [-0.4, -0.2) is 67.1 Å². The minimum atomic E-state index is -0.558. The summed E-state index contributed by atoms with van der Waals surface area (Å²) in [5.74, 6) is -1.18. The van der Waals surface area contributed by atoms with E-state index in [-0.39, 0.29) is 29.5 Å². The second-order valence-corrected chi connectivity index (χ2v) is 7.19. The number of halogens is 1. The molecular formula is C20H21FN6O3. The lowest BCUT2D eigenvalue weighted by Crippen LogP contribution is -2.40. The molecule has 0 bridgehead atoms. The molecule has 2 amide bonds. The molecular weight excluding hydrogens is 391 g/mol. The first kappa shape index (κ1) is 19.7. The van der Waals surface area contributed by atoms with Gasteiger partial charge in [-0.05, 0) is 18.6 Å². The molecule has 4 rings (SSSR count). The molecule has 0 unspecified atom stereocenters. The maximum atomic E-state index is 13.9. The van der Waals surface area contributed by atoms with Gasteiger partial charge in [0.1, 0.15) is 24.1 Å². The zero-order valence-electron chi connectivity index (χ0n) is 16.5. The number of carbonyl (C=O) groups is 2. The van der Waals surface area contributed by atoms with E-state index in [1.807, 2.05) is 0 Å². The summed E-state index contributed by atoms with van der Waals surface area (Å²) < 4.78 is 16.7. The van der Waals surface area contributed by atoms with Crippen LogP contribution in [0.15, 0.2) is 41.6 Å². The van der Waals surface area contributed by atoms with E-state index in [9.17, 15) is 18.8 Å². The van der Waals surface area contributed by atoms with Crippen LogP contribution in [0.4, 0.5) is 4.39 Å². The van der Waals surface area contributed by atoms with E-state index in [1.165, 1.54) is 40.0 Å². The highest BCUT2D eigenvalue weighted by Gasteiger charge is 2.24. The van der Waals surface area contributed by atoms with Gasteiger partial charge in [0, 0.05) is 33.2 Å². The van der Waals surface area contributed by atoms with Crippen molar-refractivity contribution in [3.05, 3.63) is 58.5 Å². The first-order chi connectivity index (χ1) is 14.5. The third-order valence-electron chi connectivity index (χ3n) is 5.26. The van der Waals surface area contributed by atoms with E-state index in [4.69, 9.17) is 0 Å². The predicted octanol–water partition coefficient (Wildman–Crippen LogP) is 0.644. The highest BCUT2D eigenvalue weighted by Crippen LogP contribution is 2.13. The molecule has 1 aliphatic rings. The molecule has 0 radical (unpaired) electrons. The lowest BCUT2D eigenvalue weighted by Gasteiger charge is -2.22. The highest BCUT2D eigenvalue weighted by atomic mass is 19.1. The van der Waals surface area contributed by atoms with Crippen LogP contribution in [0.1, 0.15) is 16.8 Å². The average Bonchev–Trinajstić information content (AvgIpc) is 2.96. The second-order valence-electron chi connectivity index (χ2n) is 7.19. The van der Waals surface area contributed by atoms with Crippen LogP contribution in [0.3, 0.4) is 0 Å². The number of hydrogen-bond donors (Lipinski definition) is 0. The van der Waals surface area contributed by atoms with Crippen molar-refractivity contribution in [1.82, 2.24) is 29.1 Å². The molecule has 1 aromatic carbocycles. The molecule has 1 aliphatic heterocycles. The van der Waals surface area contributed by atoms with Crippen molar-refractivity contribution < 1.29 is 14.0 Å². The van der Waals surface area contributed by atoms with Crippen molar-refractivity contribution in [1.29, 1.82) is 0 Å². The molecule has 0 spiro atoms. The molecule has 1 fully saturated rings. The summed E-state index contributed by atoms with van der Waals surface area (Å²) in [6, 6.07) is 5.87. The van der Waals surface area contributed by atoms with Crippen molar-refractivity contribution >= 4 is 22.8 Å². The molecule has 3 aromatic rings. The molecule has 0 N–H and O–H groups in total. The summed E-state index contributed by atoms with van der Waals surface area (Å²) >= 11 is 0. The van der Waals surface area contributed by atoms with Gasteiger partial charge in [-0.3, -0.25) is 23.6 Å². The maximum absolute atomic E-state index is 13.9. The van der Waals surface area contributed by atoms with Gasteiger partial charge in [-0.15, -0.1) is 0 Å². The Hall–Kier alpha value is -3.56. The number of nitrogens with zero attached hydrogens (tertiary/aromatic N) is 6. The number of benzene rings is 1. The Morgan fingerprint density at radius 3 is 2.63 bits per heavy atom. The van der Waals surface area contributed by atoms with Crippen molar-refractivity contribution in [3.8, 4) is 0 Å². The highest BCUT2D eigenvalue weighted by molar-refractivity contribution is 5.94. The largest absolute Gasteiger partial charge is 0.339 e. The minimum Gasteiger partial charge on any atom is -0.339 e. The Bertz CT molecular complexity index is 1170. The predicted molar refractivity (Wildman–Crippen MR) is 106 cm³/mol. The van der Waals surface area contributed by atoms with Gasteiger partial charge in [0.25, 0.3) is 11.5 Å². The van der Waals surface area contributed by atoms with Crippen molar-refractivity contribution in [2.75, 3.05) is 26.2 Å². The topological polar surface area (TPSA) is 93.3 Å². The van der Waals surface area contributed by atoms with Crippen LogP contribution in [0.25, 0.3) is 11.0 Å². The van der Waals surface area contributed by atoms with Crippen LogP contribution in [-0.2, 0) is 18.4 Å². The fourth-order valence-corrected chi connectivity index (χ4v) is 3.60. The standard InChI is InChI=1S/C20H21FN6O3/c1-24-18-15(11-23-24)20(30)27(13-22-18)12-17(28)25-7-4-8-26(10-9-25)19(29)14-5-2-3-6-16(14)21/h2-3,5-6,11,13H,4,7-10,12H2,1H3. The lowest BCUT2D eigenvalue weighted by atomic mass is 10.2. The summed E-state index contributed by atoms with van der Waals surface area (Å²) in [4.78, 5) is 45.3. The lowest BCUT2D eigenvalue weighted by molar-refractivity contribution is -0.131. The second kappa shape index (κ2) is 8.05. The van der Waals surface area contributed by atoms with Crippen molar-refractivity contribution in [2.45, 2.75) is 13.0 Å². The number of fused-ring (bicyclic) bond motifs is 1. The first-order valence-corrected chi connectivity index (χ1v) is 9.64. The van der Waals surface area contributed by atoms with E-state index < -0.39 is 5.82 Å². The van der Waals surface area contributed by atoms with Gasteiger partial charge >= 0.3 is 0 Å².